The topological polar surface area (TPSA) is 95.1 Å². The van der Waals surface area contributed by atoms with Crippen molar-refractivity contribution in [1.29, 1.82) is 0 Å². The van der Waals surface area contributed by atoms with Crippen LogP contribution in [0.3, 0.4) is 0 Å². The van der Waals surface area contributed by atoms with Gasteiger partial charge in [0.25, 0.3) is 0 Å². The summed E-state index contributed by atoms with van der Waals surface area (Å²) in [5.74, 6) is -0.333. The van der Waals surface area contributed by atoms with Crippen molar-refractivity contribution in [1.82, 2.24) is 29.1 Å². The molecule has 0 aliphatic carbocycles. The van der Waals surface area contributed by atoms with Crippen LogP contribution in [0.5, 0.6) is 5.75 Å². The number of hydrogen-bond acceptors (Lipinski definition) is 9. The van der Waals surface area contributed by atoms with Gasteiger partial charge in [-0.1, -0.05) is 12.1 Å². The van der Waals surface area contributed by atoms with Gasteiger partial charge >= 0.3 is 8.80 Å². The van der Waals surface area contributed by atoms with Crippen LogP contribution in [0.1, 0.15) is 17.0 Å². The Labute approximate surface area is 276 Å². The minimum atomic E-state index is -2.61. The average molecular weight is 686 g/mol. The van der Waals surface area contributed by atoms with Crippen LogP contribution >= 0.6 is 0 Å². The fraction of sp³-hybridized carbons (Fsp3) is 0.438. The number of morpholine rings is 1. The van der Waals surface area contributed by atoms with Crippen LogP contribution in [0.15, 0.2) is 42.6 Å². The lowest BCUT2D eigenvalue weighted by Crippen LogP contribution is -2.38. The predicted octanol–water partition coefficient (Wildman–Crippen LogP) is 5.34. The second-order valence-electron chi connectivity index (χ2n) is 11.8. The molecule has 254 valence electrons. The molecule has 0 radical (unpaired) electrons. The van der Waals surface area contributed by atoms with E-state index in [4.69, 9.17) is 19.2 Å². The molecule has 6 rings (SSSR count). The average Bonchev–Trinajstić information content (AvgIpc) is 3.65. The number of benzene rings is 2. The SMILES string of the molecule is COc1ccc(CN(Cc2nc3c(F)c(F)ccc3n2COCC[Si+](C)C)c2nc(N3CCOCC3)nc3c(CC(F)F)cnn23)cc1. The molecule has 5 aromatic rings. The predicted molar refractivity (Wildman–Crippen MR) is 174 cm³/mol. The highest BCUT2D eigenvalue weighted by Gasteiger charge is 2.26. The van der Waals surface area contributed by atoms with Gasteiger partial charge in [0.05, 0.1) is 64.3 Å². The van der Waals surface area contributed by atoms with Crippen LogP contribution in [0, 0.1) is 11.6 Å². The molecule has 4 heterocycles. The highest BCUT2D eigenvalue weighted by molar-refractivity contribution is 6.55. The zero-order valence-electron chi connectivity index (χ0n) is 27.0. The van der Waals surface area contributed by atoms with E-state index >= 15 is 4.39 Å². The third-order valence-electron chi connectivity index (χ3n) is 8.09. The van der Waals surface area contributed by atoms with Gasteiger partial charge in [-0.25, -0.2) is 22.5 Å². The normalized spacial score (nSPS) is 13.6. The molecule has 0 spiro atoms. The number of rotatable bonds is 14. The van der Waals surface area contributed by atoms with Crippen LogP contribution in [0.25, 0.3) is 16.7 Å². The fourth-order valence-electron chi connectivity index (χ4n) is 5.52. The molecule has 1 aliphatic heterocycles. The van der Waals surface area contributed by atoms with Crippen molar-refractivity contribution in [2.75, 3.05) is 49.8 Å². The van der Waals surface area contributed by atoms with Gasteiger partial charge in [-0.2, -0.15) is 19.6 Å². The highest BCUT2D eigenvalue weighted by atomic mass is 28.3. The number of imidazole rings is 1. The Balaban J connectivity index is 1.48. The monoisotopic (exact) mass is 685 g/mol. The van der Waals surface area contributed by atoms with Crippen molar-refractivity contribution < 1.29 is 31.8 Å². The molecule has 0 N–H and O–H groups in total. The van der Waals surface area contributed by atoms with Crippen molar-refractivity contribution in [2.24, 2.45) is 0 Å². The van der Waals surface area contributed by atoms with Gasteiger partial charge in [0.15, 0.2) is 17.3 Å². The first-order chi connectivity index (χ1) is 23.2. The van der Waals surface area contributed by atoms with E-state index in [-0.39, 0.29) is 36.5 Å². The lowest BCUT2D eigenvalue weighted by molar-refractivity contribution is 0.0882. The molecule has 0 saturated carbocycles. The molecule has 1 saturated heterocycles. The van der Waals surface area contributed by atoms with Crippen molar-refractivity contribution in [3.05, 3.63) is 71.2 Å². The van der Waals surface area contributed by atoms with E-state index in [9.17, 15) is 13.2 Å². The largest absolute Gasteiger partial charge is 0.497 e. The Morgan fingerprint density at radius 1 is 1.00 bits per heavy atom. The van der Waals surface area contributed by atoms with Gasteiger partial charge in [-0.05, 0) is 29.8 Å². The Kier molecular flexibility index (Phi) is 10.4. The number of anilines is 2. The third kappa shape index (κ3) is 7.39. The van der Waals surface area contributed by atoms with Gasteiger partial charge in [0, 0.05) is 31.6 Å². The molecule has 2 aromatic carbocycles. The molecular weight excluding hydrogens is 648 g/mol. The molecule has 11 nitrogen and oxygen atoms in total. The maximum atomic E-state index is 15.1. The van der Waals surface area contributed by atoms with E-state index in [1.54, 1.807) is 11.7 Å². The summed E-state index contributed by atoms with van der Waals surface area (Å²) in [7, 11) is 1.05. The number of hydrogen-bond donors (Lipinski definition) is 0. The third-order valence-corrected chi connectivity index (χ3v) is 9.29. The second kappa shape index (κ2) is 14.9. The quantitative estimate of drug-likeness (QED) is 0.0873. The molecule has 3 aromatic heterocycles. The first-order valence-electron chi connectivity index (χ1n) is 15.6. The maximum Gasteiger partial charge on any atom is 0.310 e. The van der Waals surface area contributed by atoms with Crippen LogP contribution in [0.2, 0.25) is 19.1 Å². The van der Waals surface area contributed by atoms with Crippen molar-refractivity contribution in [2.45, 2.75) is 51.8 Å². The number of nitrogens with zero attached hydrogens (tertiary/aromatic N) is 8. The first kappa shape index (κ1) is 33.6. The number of fused-ring (bicyclic) bond motifs is 2. The van der Waals surface area contributed by atoms with E-state index < -0.39 is 33.3 Å². The molecule has 0 bridgehead atoms. The van der Waals surface area contributed by atoms with Gasteiger partial charge in [-0.3, -0.25) is 0 Å². The van der Waals surface area contributed by atoms with Crippen LogP contribution in [-0.4, -0.2) is 84.4 Å². The number of halogens is 4. The summed E-state index contributed by atoms with van der Waals surface area (Å²) < 4.78 is 76.8. The van der Waals surface area contributed by atoms with E-state index in [1.807, 2.05) is 34.1 Å². The van der Waals surface area contributed by atoms with Crippen molar-refractivity contribution in [3.8, 4) is 5.75 Å². The Morgan fingerprint density at radius 3 is 2.48 bits per heavy atom. The Morgan fingerprint density at radius 2 is 1.77 bits per heavy atom. The lowest BCUT2D eigenvalue weighted by atomic mass is 10.2. The number of ether oxygens (including phenoxy) is 3. The van der Waals surface area contributed by atoms with E-state index in [0.29, 0.717) is 61.9 Å². The smallest absolute Gasteiger partial charge is 0.310 e. The summed E-state index contributed by atoms with van der Waals surface area (Å²) in [6.45, 7) is 7.25. The van der Waals surface area contributed by atoms with E-state index in [0.717, 1.165) is 17.7 Å². The van der Waals surface area contributed by atoms with Gasteiger partial charge in [-0.15, -0.1) is 0 Å². The molecule has 0 atom stereocenters. The van der Waals surface area contributed by atoms with Crippen LogP contribution in [0.4, 0.5) is 29.5 Å². The van der Waals surface area contributed by atoms with Crippen molar-refractivity contribution in [3.63, 3.8) is 0 Å². The minimum Gasteiger partial charge on any atom is -0.497 e. The van der Waals surface area contributed by atoms with Gasteiger partial charge < -0.3 is 28.6 Å². The van der Waals surface area contributed by atoms with Gasteiger partial charge in [0.1, 0.15) is 23.8 Å². The summed E-state index contributed by atoms with van der Waals surface area (Å²) in [6.07, 6.45) is -1.75. The second-order valence-corrected chi connectivity index (χ2v) is 14.7. The Hall–Kier alpha value is -4.28. The van der Waals surface area contributed by atoms with Crippen LogP contribution < -0.4 is 14.5 Å². The molecule has 48 heavy (non-hydrogen) atoms. The summed E-state index contributed by atoms with van der Waals surface area (Å²) in [4.78, 5) is 18.0. The zero-order valence-corrected chi connectivity index (χ0v) is 28.0. The number of aromatic nitrogens is 6. The Bertz CT molecular complexity index is 1850. The molecule has 1 fully saturated rings. The minimum absolute atomic E-state index is 0.0560. The van der Waals surface area contributed by atoms with E-state index in [1.165, 1.54) is 16.8 Å². The lowest BCUT2D eigenvalue weighted by Gasteiger charge is -2.29. The fourth-order valence-corrected chi connectivity index (χ4v) is 6.07. The van der Waals surface area contributed by atoms with Gasteiger partial charge in [0.2, 0.25) is 18.3 Å². The number of alkyl halides is 2. The summed E-state index contributed by atoms with van der Waals surface area (Å²) in [5, 5.41) is 4.45. The van der Waals surface area contributed by atoms with Crippen LogP contribution in [-0.2, 0) is 35.7 Å². The molecule has 16 heteroatoms. The summed E-state index contributed by atoms with van der Waals surface area (Å²) in [6, 6.07) is 10.9. The van der Waals surface area contributed by atoms with Crippen molar-refractivity contribution >= 4 is 37.4 Å². The number of methoxy groups -OCH3 is 1. The molecule has 0 unspecified atom stereocenters. The highest BCUT2D eigenvalue weighted by Crippen LogP contribution is 2.28. The molecule has 0 amide bonds. The summed E-state index contributed by atoms with van der Waals surface area (Å²) >= 11 is 0. The maximum absolute atomic E-state index is 15.1. The molecular formula is C32H37F4N8O3Si+. The standard InChI is InChI=1S/C32H37F4N8O3Si/c1-45-23-6-4-21(5-7-23)18-42(19-27-38-29-25(9-8-24(33)28(29)36)43(27)20-47-14-15-48(2)3)32-40-31(41-10-12-46-13-11-41)39-30-22(16-26(34)35)17-37-44(30)32/h4-9,17,26H,10-16,18-20H2,1-3H3/q+1. The van der Waals surface area contributed by atoms with E-state index in [2.05, 4.69) is 28.2 Å². The molecule has 1 aliphatic rings. The zero-order chi connectivity index (χ0) is 33.8. The summed E-state index contributed by atoms with van der Waals surface area (Å²) in [5.41, 5.74) is 1.66. The first-order valence-corrected chi connectivity index (χ1v) is 18.4.